The standard InChI is InChI=1S/C20H26ClN5O3S/c1-13(19(28)23-11-14-5-2-3-7-16(14)21)30-20-25-24-18(9-8-17(22)27)26(20)12-15-6-4-10-29-15/h2-3,5,7,13,15H,4,6,8-12H2,1H3,(H2,22,27)(H,23,28). The van der Waals surface area contributed by atoms with E-state index in [1.165, 1.54) is 11.8 Å². The van der Waals surface area contributed by atoms with Gasteiger partial charge in [-0.15, -0.1) is 10.2 Å². The normalized spacial score (nSPS) is 17.1. The molecule has 2 heterocycles. The number of nitrogens with zero attached hydrogens (tertiary/aromatic N) is 3. The Bertz CT molecular complexity index is 885. The number of hydrogen-bond acceptors (Lipinski definition) is 6. The molecule has 30 heavy (non-hydrogen) atoms. The number of benzene rings is 1. The summed E-state index contributed by atoms with van der Waals surface area (Å²) in [7, 11) is 0. The van der Waals surface area contributed by atoms with E-state index in [-0.39, 0.29) is 29.6 Å². The topological polar surface area (TPSA) is 112 Å². The molecule has 2 amide bonds. The van der Waals surface area contributed by atoms with Crippen LogP contribution in [0.5, 0.6) is 0 Å². The van der Waals surface area contributed by atoms with E-state index in [1.54, 1.807) is 6.07 Å². The predicted octanol–water partition coefficient (Wildman–Crippen LogP) is 2.33. The third-order valence-corrected chi connectivity index (χ3v) is 6.31. The predicted molar refractivity (Wildman–Crippen MR) is 115 cm³/mol. The summed E-state index contributed by atoms with van der Waals surface area (Å²) in [4.78, 5) is 23.8. The van der Waals surface area contributed by atoms with Crippen molar-refractivity contribution in [2.24, 2.45) is 5.73 Å². The lowest BCUT2D eigenvalue weighted by molar-refractivity contribution is -0.120. The van der Waals surface area contributed by atoms with Crippen molar-refractivity contribution in [3.63, 3.8) is 0 Å². The number of carbonyl (C=O) groups excluding carboxylic acids is 2. The number of thioether (sulfide) groups is 1. The fraction of sp³-hybridized carbons (Fsp3) is 0.500. The molecule has 1 aromatic heterocycles. The van der Waals surface area contributed by atoms with Gasteiger partial charge in [-0.3, -0.25) is 9.59 Å². The molecular weight excluding hydrogens is 426 g/mol. The van der Waals surface area contributed by atoms with Crippen LogP contribution in [0.15, 0.2) is 29.4 Å². The van der Waals surface area contributed by atoms with E-state index >= 15 is 0 Å². The van der Waals surface area contributed by atoms with Gasteiger partial charge in [0.2, 0.25) is 11.8 Å². The van der Waals surface area contributed by atoms with Crippen LogP contribution in [0.2, 0.25) is 5.02 Å². The lowest BCUT2D eigenvalue weighted by Crippen LogP contribution is -2.31. The Balaban J connectivity index is 1.65. The number of nitrogens with two attached hydrogens (primary N) is 1. The molecule has 2 aromatic rings. The van der Waals surface area contributed by atoms with Crippen LogP contribution in [0, 0.1) is 0 Å². The summed E-state index contributed by atoms with van der Waals surface area (Å²) in [6.45, 7) is 3.51. The van der Waals surface area contributed by atoms with Crippen molar-refractivity contribution in [1.29, 1.82) is 0 Å². The van der Waals surface area contributed by atoms with Crippen LogP contribution in [0.25, 0.3) is 0 Å². The molecule has 3 N–H and O–H groups in total. The maximum absolute atomic E-state index is 12.6. The monoisotopic (exact) mass is 451 g/mol. The van der Waals surface area contributed by atoms with Crippen molar-refractivity contribution in [3.05, 3.63) is 40.7 Å². The molecule has 3 rings (SSSR count). The number of ether oxygens (including phenoxy) is 1. The summed E-state index contributed by atoms with van der Waals surface area (Å²) in [5.41, 5.74) is 6.15. The summed E-state index contributed by atoms with van der Waals surface area (Å²) >= 11 is 7.48. The summed E-state index contributed by atoms with van der Waals surface area (Å²) in [6, 6.07) is 7.40. The Hall–Kier alpha value is -2.10. The van der Waals surface area contributed by atoms with E-state index in [1.807, 2.05) is 29.7 Å². The second kappa shape index (κ2) is 10.8. The number of hydrogen-bond donors (Lipinski definition) is 2. The number of primary amides is 1. The quantitative estimate of drug-likeness (QED) is 0.536. The molecule has 0 aliphatic carbocycles. The second-order valence-electron chi connectivity index (χ2n) is 7.18. The Kier molecular flexibility index (Phi) is 8.12. The third-order valence-electron chi connectivity index (χ3n) is 4.86. The van der Waals surface area contributed by atoms with Gasteiger partial charge in [0.1, 0.15) is 5.82 Å². The molecule has 1 saturated heterocycles. The van der Waals surface area contributed by atoms with Crippen LogP contribution in [0.1, 0.15) is 37.6 Å². The number of carbonyl (C=O) groups is 2. The zero-order valence-electron chi connectivity index (χ0n) is 16.8. The van der Waals surface area contributed by atoms with Crippen molar-refractivity contribution in [3.8, 4) is 0 Å². The molecule has 162 valence electrons. The van der Waals surface area contributed by atoms with Crippen LogP contribution in [0.4, 0.5) is 0 Å². The number of aryl methyl sites for hydroxylation is 1. The highest BCUT2D eigenvalue weighted by Crippen LogP contribution is 2.25. The summed E-state index contributed by atoms with van der Waals surface area (Å²) in [5, 5.41) is 12.3. The minimum absolute atomic E-state index is 0.0806. The van der Waals surface area contributed by atoms with Gasteiger partial charge in [0.15, 0.2) is 5.16 Å². The highest BCUT2D eigenvalue weighted by molar-refractivity contribution is 8.00. The Labute approximate surface area is 184 Å². The lowest BCUT2D eigenvalue weighted by Gasteiger charge is -2.16. The van der Waals surface area contributed by atoms with Crippen LogP contribution in [0.3, 0.4) is 0 Å². The molecule has 2 unspecified atom stereocenters. The van der Waals surface area contributed by atoms with Gasteiger partial charge in [0.05, 0.1) is 17.9 Å². The Morgan fingerprint density at radius 1 is 1.40 bits per heavy atom. The molecule has 0 saturated carbocycles. The molecule has 10 heteroatoms. The van der Waals surface area contributed by atoms with E-state index in [0.29, 0.717) is 35.5 Å². The average molecular weight is 452 g/mol. The molecule has 1 fully saturated rings. The van der Waals surface area contributed by atoms with E-state index in [4.69, 9.17) is 22.1 Å². The first-order valence-corrected chi connectivity index (χ1v) is 11.2. The molecule has 1 aromatic carbocycles. The van der Waals surface area contributed by atoms with Crippen LogP contribution >= 0.6 is 23.4 Å². The minimum atomic E-state index is -0.386. The van der Waals surface area contributed by atoms with Crippen LogP contribution in [-0.4, -0.2) is 44.5 Å². The fourth-order valence-electron chi connectivity index (χ4n) is 3.18. The number of aromatic nitrogens is 3. The highest BCUT2D eigenvalue weighted by Gasteiger charge is 2.24. The molecule has 1 aliphatic heterocycles. The average Bonchev–Trinajstić information content (AvgIpc) is 3.36. The molecule has 1 aliphatic rings. The Morgan fingerprint density at radius 2 is 2.20 bits per heavy atom. The smallest absolute Gasteiger partial charge is 0.233 e. The van der Waals surface area contributed by atoms with Gasteiger partial charge in [-0.25, -0.2) is 0 Å². The zero-order chi connectivity index (χ0) is 21.5. The third kappa shape index (κ3) is 6.20. The molecular formula is C20H26ClN5O3S. The first-order chi connectivity index (χ1) is 14.4. The van der Waals surface area contributed by atoms with E-state index < -0.39 is 0 Å². The molecule has 8 nitrogen and oxygen atoms in total. The van der Waals surface area contributed by atoms with Gasteiger partial charge >= 0.3 is 0 Å². The summed E-state index contributed by atoms with van der Waals surface area (Å²) in [5.74, 6) is 0.170. The van der Waals surface area contributed by atoms with E-state index in [9.17, 15) is 9.59 Å². The highest BCUT2D eigenvalue weighted by atomic mass is 35.5. The van der Waals surface area contributed by atoms with Gasteiger partial charge in [-0.1, -0.05) is 41.6 Å². The maximum Gasteiger partial charge on any atom is 0.233 e. The van der Waals surface area contributed by atoms with Gasteiger partial charge in [0.25, 0.3) is 0 Å². The molecule has 0 radical (unpaired) electrons. The van der Waals surface area contributed by atoms with Crippen molar-refractivity contribution in [2.75, 3.05) is 6.61 Å². The minimum Gasteiger partial charge on any atom is -0.376 e. The maximum atomic E-state index is 12.6. The largest absolute Gasteiger partial charge is 0.376 e. The number of amides is 2. The molecule has 0 bridgehead atoms. The van der Waals surface area contributed by atoms with Gasteiger partial charge in [-0.05, 0) is 31.4 Å². The Morgan fingerprint density at radius 3 is 2.90 bits per heavy atom. The molecule has 2 atom stereocenters. The van der Waals surface area contributed by atoms with E-state index in [0.717, 1.165) is 25.0 Å². The van der Waals surface area contributed by atoms with Crippen LogP contribution in [-0.2, 0) is 33.8 Å². The van der Waals surface area contributed by atoms with E-state index in [2.05, 4.69) is 15.5 Å². The molecule has 0 spiro atoms. The van der Waals surface area contributed by atoms with Gasteiger partial charge in [-0.2, -0.15) is 0 Å². The summed E-state index contributed by atoms with van der Waals surface area (Å²) in [6.07, 6.45) is 2.67. The summed E-state index contributed by atoms with van der Waals surface area (Å²) < 4.78 is 7.69. The first kappa shape index (κ1) is 22.6. The zero-order valence-corrected chi connectivity index (χ0v) is 18.4. The van der Waals surface area contributed by atoms with Crippen molar-refractivity contribution >= 4 is 35.2 Å². The van der Waals surface area contributed by atoms with Gasteiger partial charge in [0, 0.05) is 31.0 Å². The SMILES string of the molecule is CC(Sc1nnc(CCC(N)=O)n1CC1CCCO1)C(=O)NCc1ccccc1Cl. The fourth-order valence-corrected chi connectivity index (χ4v) is 4.29. The van der Waals surface area contributed by atoms with Crippen molar-refractivity contribution in [2.45, 2.75) is 62.2 Å². The number of rotatable bonds is 10. The van der Waals surface area contributed by atoms with Crippen molar-refractivity contribution in [1.82, 2.24) is 20.1 Å². The van der Waals surface area contributed by atoms with Gasteiger partial charge < -0.3 is 20.4 Å². The first-order valence-electron chi connectivity index (χ1n) is 9.93. The van der Waals surface area contributed by atoms with Crippen molar-refractivity contribution < 1.29 is 14.3 Å². The number of nitrogens with one attached hydrogen (secondary N) is 1. The van der Waals surface area contributed by atoms with Crippen LogP contribution < -0.4 is 11.1 Å². The second-order valence-corrected chi connectivity index (χ2v) is 8.90. The lowest BCUT2D eigenvalue weighted by atomic mass is 10.2. The number of halogens is 1.